The van der Waals surface area contributed by atoms with Crippen LogP contribution in [-0.2, 0) is 9.47 Å². The SMILES string of the molecule is CC1(C)O[C@H]1[C@H]1C[C@@H]([C@@H]2CC=C3[C@]4(C)[C@H](O)C[C@H]5C(C)(C)[C@@H](O)CC[C@]5(C)[C@H]4CC[C@]32C)C(O)O1. The maximum absolute atomic E-state index is 11.9. The van der Waals surface area contributed by atoms with Crippen molar-refractivity contribution in [2.24, 2.45) is 45.3 Å². The summed E-state index contributed by atoms with van der Waals surface area (Å²) in [6.45, 7) is 15.9. The highest BCUT2D eigenvalue weighted by molar-refractivity contribution is 5.36. The van der Waals surface area contributed by atoms with E-state index in [0.717, 1.165) is 44.9 Å². The molecule has 0 aromatic heterocycles. The molecule has 2 saturated heterocycles. The van der Waals surface area contributed by atoms with Gasteiger partial charge in [0.15, 0.2) is 6.29 Å². The van der Waals surface area contributed by atoms with Crippen LogP contribution in [0, 0.1) is 45.3 Å². The first-order valence-corrected chi connectivity index (χ1v) is 14.3. The quantitative estimate of drug-likeness (QED) is 0.383. The fourth-order valence-electron chi connectivity index (χ4n) is 10.7. The molecular formula is C30H48O5. The zero-order valence-electron chi connectivity index (χ0n) is 22.9. The van der Waals surface area contributed by atoms with E-state index in [-0.39, 0.29) is 51.5 Å². The molecule has 3 saturated carbocycles. The summed E-state index contributed by atoms with van der Waals surface area (Å²) in [6.07, 6.45) is 7.73. The molecule has 6 rings (SSSR count). The molecule has 0 bridgehead atoms. The van der Waals surface area contributed by atoms with Crippen LogP contribution in [0.25, 0.3) is 0 Å². The number of fused-ring (bicyclic) bond motifs is 5. The van der Waals surface area contributed by atoms with Crippen LogP contribution in [0.2, 0.25) is 0 Å². The predicted octanol–water partition coefficient (Wildman–Crippen LogP) is 4.82. The largest absolute Gasteiger partial charge is 0.393 e. The second-order valence-electron chi connectivity index (χ2n) is 15.0. The maximum Gasteiger partial charge on any atom is 0.158 e. The molecule has 0 aromatic rings. The van der Waals surface area contributed by atoms with Gasteiger partial charge in [-0.25, -0.2) is 0 Å². The van der Waals surface area contributed by atoms with E-state index >= 15 is 0 Å². The van der Waals surface area contributed by atoms with E-state index in [0.29, 0.717) is 17.8 Å². The van der Waals surface area contributed by atoms with Gasteiger partial charge in [-0.1, -0.05) is 46.3 Å². The highest BCUT2D eigenvalue weighted by atomic mass is 16.7. The van der Waals surface area contributed by atoms with Crippen molar-refractivity contribution in [2.45, 2.75) is 130 Å². The van der Waals surface area contributed by atoms with Crippen molar-refractivity contribution in [3.05, 3.63) is 11.6 Å². The lowest BCUT2D eigenvalue weighted by molar-refractivity contribution is -0.213. The first-order chi connectivity index (χ1) is 16.2. The predicted molar refractivity (Wildman–Crippen MR) is 134 cm³/mol. The molecule has 2 heterocycles. The van der Waals surface area contributed by atoms with E-state index < -0.39 is 12.4 Å². The van der Waals surface area contributed by atoms with Gasteiger partial charge in [-0.15, -0.1) is 0 Å². The molecule has 0 amide bonds. The number of hydrogen-bond donors (Lipinski definition) is 3. The average Bonchev–Trinajstić information content (AvgIpc) is 3.06. The van der Waals surface area contributed by atoms with Crippen LogP contribution in [-0.4, -0.2) is 51.6 Å². The minimum absolute atomic E-state index is 0.0249. The number of rotatable bonds is 2. The van der Waals surface area contributed by atoms with Gasteiger partial charge in [-0.2, -0.15) is 0 Å². The molecule has 5 heteroatoms. The van der Waals surface area contributed by atoms with Gasteiger partial charge < -0.3 is 24.8 Å². The number of ether oxygens (including phenoxy) is 2. The Balaban J connectivity index is 1.30. The number of epoxide rings is 1. The molecule has 35 heavy (non-hydrogen) atoms. The van der Waals surface area contributed by atoms with Crippen molar-refractivity contribution < 1.29 is 24.8 Å². The van der Waals surface area contributed by atoms with Gasteiger partial charge in [-0.3, -0.25) is 0 Å². The van der Waals surface area contributed by atoms with Gasteiger partial charge in [-0.05, 0) is 92.8 Å². The second-order valence-corrected chi connectivity index (χ2v) is 15.0. The van der Waals surface area contributed by atoms with Crippen LogP contribution >= 0.6 is 0 Å². The summed E-state index contributed by atoms with van der Waals surface area (Å²) in [7, 11) is 0. The van der Waals surface area contributed by atoms with Crippen LogP contribution in [0.15, 0.2) is 11.6 Å². The number of allylic oxidation sites excluding steroid dienone is 1. The smallest absolute Gasteiger partial charge is 0.158 e. The summed E-state index contributed by atoms with van der Waals surface area (Å²) in [4.78, 5) is 0. The third-order valence-corrected chi connectivity index (χ3v) is 12.8. The van der Waals surface area contributed by atoms with Crippen molar-refractivity contribution in [3.63, 3.8) is 0 Å². The van der Waals surface area contributed by atoms with Crippen LogP contribution in [0.5, 0.6) is 0 Å². The topological polar surface area (TPSA) is 82.5 Å². The monoisotopic (exact) mass is 488 g/mol. The summed E-state index contributed by atoms with van der Waals surface area (Å²) in [5.74, 6) is 1.17. The van der Waals surface area contributed by atoms with Crippen molar-refractivity contribution in [2.75, 3.05) is 0 Å². The van der Waals surface area contributed by atoms with Crippen LogP contribution < -0.4 is 0 Å². The van der Waals surface area contributed by atoms with Gasteiger partial charge in [0.1, 0.15) is 6.10 Å². The fraction of sp³-hybridized carbons (Fsp3) is 0.933. The standard InChI is InChI=1S/C30H48O5/c1-26(2)21-15-23(32)30(7)19-9-8-17(16-14-18(34-25(16)33)24-27(3,4)35-24)28(19,5)12-10-20(30)29(21,6)13-11-22(26)31/h9,16-18,20-25,31-33H,8,10-15H2,1-7H3/t16-,17-,18+,20+,21-,22-,23+,24-,25?,28-,29+,30-/m0/s1. The highest BCUT2D eigenvalue weighted by Gasteiger charge is 2.69. The molecule has 4 aliphatic carbocycles. The molecule has 0 aromatic carbocycles. The lowest BCUT2D eigenvalue weighted by Gasteiger charge is -2.68. The first-order valence-electron chi connectivity index (χ1n) is 14.3. The van der Waals surface area contributed by atoms with E-state index in [4.69, 9.17) is 9.47 Å². The minimum Gasteiger partial charge on any atom is -0.393 e. The van der Waals surface area contributed by atoms with Gasteiger partial charge in [0, 0.05) is 11.3 Å². The van der Waals surface area contributed by atoms with Crippen molar-refractivity contribution in [1.29, 1.82) is 0 Å². The second kappa shape index (κ2) is 7.34. The Morgan fingerprint density at radius 1 is 0.857 bits per heavy atom. The fourth-order valence-corrected chi connectivity index (χ4v) is 10.7. The molecule has 0 radical (unpaired) electrons. The molecule has 5 fully saturated rings. The average molecular weight is 489 g/mol. The lowest BCUT2D eigenvalue weighted by atomic mass is 9.37. The van der Waals surface area contributed by atoms with Gasteiger partial charge >= 0.3 is 0 Å². The van der Waals surface area contributed by atoms with Gasteiger partial charge in [0.05, 0.1) is 23.9 Å². The summed E-state index contributed by atoms with van der Waals surface area (Å²) >= 11 is 0. The Hall–Kier alpha value is -0.460. The molecule has 2 aliphatic heterocycles. The maximum atomic E-state index is 11.9. The van der Waals surface area contributed by atoms with Crippen LogP contribution in [0.4, 0.5) is 0 Å². The Morgan fingerprint density at radius 2 is 1.54 bits per heavy atom. The Morgan fingerprint density at radius 3 is 2.20 bits per heavy atom. The molecule has 0 spiro atoms. The van der Waals surface area contributed by atoms with Crippen LogP contribution in [0.3, 0.4) is 0 Å². The highest BCUT2D eigenvalue weighted by Crippen LogP contribution is 2.73. The number of hydrogen-bond acceptors (Lipinski definition) is 5. The normalized spacial score (nSPS) is 58.2. The third-order valence-electron chi connectivity index (χ3n) is 12.8. The molecule has 3 N–H and O–H groups in total. The third kappa shape index (κ3) is 3.11. The summed E-state index contributed by atoms with van der Waals surface area (Å²) < 4.78 is 11.9. The van der Waals surface area contributed by atoms with Gasteiger partial charge in [0.25, 0.3) is 0 Å². The number of aliphatic hydroxyl groups is 3. The molecule has 6 aliphatic rings. The summed E-state index contributed by atoms with van der Waals surface area (Å²) in [6, 6.07) is 0. The molecule has 198 valence electrons. The zero-order valence-corrected chi connectivity index (χ0v) is 22.9. The Labute approximate surface area is 211 Å². The van der Waals surface area contributed by atoms with E-state index in [1.54, 1.807) is 0 Å². The number of aliphatic hydroxyl groups excluding tert-OH is 3. The van der Waals surface area contributed by atoms with Crippen LogP contribution in [0.1, 0.15) is 93.4 Å². The lowest BCUT2D eigenvalue weighted by Crippen LogP contribution is -2.65. The molecule has 12 atom stereocenters. The molecule has 1 unspecified atom stereocenters. The van der Waals surface area contributed by atoms with E-state index in [1.165, 1.54) is 5.57 Å². The molecular weight excluding hydrogens is 440 g/mol. The first kappa shape index (κ1) is 24.9. The van der Waals surface area contributed by atoms with E-state index in [2.05, 4.69) is 54.5 Å². The Bertz CT molecular complexity index is 926. The van der Waals surface area contributed by atoms with Crippen molar-refractivity contribution in [3.8, 4) is 0 Å². The van der Waals surface area contributed by atoms with E-state index in [1.807, 2.05) is 0 Å². The summed E-state index contributed by atoms with van der Waals surface area (Å²) in [5, 5.41) is 33.8. The minimum atomic E-state index is -0.737. The molecule has 5 nitrogen and oxygen atoms in total. The van der Waals surface area contributed by atoms with Crippen molar-refractivity contribution >= 4 is 0 Å². The Kier molecular flexibility index (Phi) is 5.21. The zero-order chi connectivity index (χ0) is 25.3. The van der Waals surface area contributed by atoms with Crippen molar-refractivity contribution in [1.82, 2.24) is 0 Å². The summed E-state index contributed by atoms with van der Waals surface area (Å²) in [5.41, 5.74) is 0.961. The van der Waals surface area contributed by atoms with E-state index in [9.17, 15) is 15.3 Å². The van der Waals surface area contributed by atoms with Gasteiger partial charge in [0.2, 0.25) is 0 Å².